The first-order valence-corrected chi connectivity index (χ1v) is 19.9. The van der Waals surface area contributed by atoms with Gasteiger partial charge in [0.05, 0.1) is 5.69 Å². The molecular formula is C53H37NS. The first-order chi connectivity index (χ1) is 27.0. The Morgan fingerprint density at radius 1 is 0.400 bits per heavy atom. The van der Waals surface area contributed by atoms with Gasteiger partial charge in [0.15, 0.2) is 0 Å². The van der Waals surface area contributed by atoms with Crippen molar-refractivity contribution >= 4 is 70.1 Å². The third-order valence-electron chi connectivity index (χ3n) is 11.8. The third kappa shape index (κ3) is 5.06. The zero-order chi connectivity index (χ0) is 36.7. The molecule has 0 unspecified atom stereocenters. The largest absolute Gasteiger partial charge is 0.310 e. The SMILES string of the molecule is CC1(C)c2ccccc2-c2c(N(c3ccc(-c4ccc5cc6c(cc5c4)sc4ccccc46)cc3)c3ccc(-c4cccc5ccccc45)cc3)cccc21. The van der Waals surface area contributed by atoms with Crippen molar-refractivity contribution in [2.45, 2.75) is 19.3 Å². The summed E-state index contributed by atoms with van der Waals surface area (Å²) in [5.41, 5.74) is 13.6. The van der Waals surface area contributed by atoms with Crippen LogP contribution in [0.4, 0.5) is 17.1 Å². The zero-order valence-electron chi connectivity index (χ0n) is 30.8. The molecule has 1 aromatic heterocycles. The summed E-state index contributed by atoms with van der Waals surface area (Å²) in [6, 6.07) is 69.6. The van der Waals surface area contributed by atoms with Gasteiger partial charge in [-0.05, 0) is 115 Å². The Morgan fingerprint density at radius 2 is 1.04 bits per heavy atom. The topological polar surface area (TPSA) is 3.24 Å². The van der Waals surface area contributed by atoms with Gasteiger partial charge in [-0.2, -0.15) is 0 Å². The molecule has 0 saturated carbocycles. The molecule has 0 amide bonds. The van der Waals surface area contributed by atoms with Gasteiger partial charge < -0.3 is 4.90 Å². The fourth-order valence-electron chi connectivity index (χ4n) is 9.07. The number of anilines is 3. The molecule has 2 heteroatoms. The van der Waals surface area contributed by atoms with E-state index in [-0.39, 0.29) is 5.41 Å². The van der Waals surface area contributed by atoms with E-state index in [1.54, 1.807) is 0 Å². The van der Waals surface area contributed by atoms with Crippen molar-refractivity contribution in [2.75, 3.05) is 4.90 Å². The molecule has 1 aliphatic carbocycles. The van der Waals surface area contributed by atoms with E-state index in [2.05, 4.69) is 207 Å². The smallest absolute Gasteiger partial charge is 0.0543 e. The molecule has 0 bridgehead atoms. The summed E-state index contributed by atoms with van der Waals surface area (Å²) in [6.07, 6.45) is 0. The molecule has 1 nitrogen and oxygen atoms in total. The summed E-state index contributed by atoms with van der Waals surface area (Å²) < 4.78 is 2.68. The first-order valence-electron chi connectivity index (χ1n) is 19.1. The Labute approximate surface area is 325 Å². The summed E-state index contributed by atoms with van der Waals surface area (Å²) in [7, 11) is 0. The molecular weight excluding hydrogens is 683 g/mol. The molecule has 1 aliphatic rings. The van der Waals surface area contributed by atoms with E-state index in [1.807, 2.05) is 11.3 Å². The molecule has 260 valence electrons. The molecule has 11 rings (SSSR count). The molecule has 0 atom stereocenters. The number of hydrogen-bond donors (Lipinski definition) is 0. The van der Waals surface area contributed by atoms with Crippen LogP contribution in [0.3, 0.4) is 0 Å². The normalized spacial score (nSPS) is 13.1. The van der Waals surface area contributed by atoms with Gasteiger partial charge in [0, 0.05) is 42.5 Å². The highest BCUT2D eigenvalue weighted by molar-refractivity contribution is 7.25. The summed E-state index contributed by atoms with van der Waals surface area (Å²) in [6.45, 7) is 4.71. The van der Waals surface area contributed by atoms with Crippen molar-refractivity contribution in [3.05, 3.63) is 199 Å². The van der Waals surface area contributed by atoms with Gasteiger partial charge in [0.2, 0.25) is 0 Å². The average Bonchev–Trinajstić information content (AvgIpc) is 3.71. The van der Waals surface area contributed by atoms with Crippen LogP contribution in [0.2, 0.25) is 0 Å². The number of fused-ring (bicyclic) bond motifs is 8. The van der Waals surface area contributed by atoms with Crippen LogP contribution in [0, 0.1) is 0 Å². The van der Waals surface area contributed by atoms with E-state index >= 15 is 0 Å². The maximum absolute atomic E-state index is 2.45. The van der Waals surface area contributed by atoms with Crippen LogP contribution in [0.25, 0.3) is 75.1 Å². The van der Waals surface area contributed by atoms with Gasteiger partial charge in [-0.25, -0.2) is 0 Å². The van der Waals surface area contributed by atoms with Crippen molar-refractivity contribution in [1.29, 1.82) is 0 Å². The van der Waals surface area contributed by atoms with Crippen molar-refractivity contribution in [3.63, 3.8) is 0 Å². The monoisotopic (exact) mass is 719 g/mol. The number of nitrogens with zero attached hydrogens (tertiary/aromatic N) is 1. The molecule has 0 spiro atoms. The predicted molar refractivity (Wildman–Crippen MR) is 237 cm³/mol. The predicted octanol–water partition coefficient (Wildman–Crippen LogP) is 15.5. The highest BCUT2D eigenvalue weighted by Crippen LogP contribution is 2.54. The Kier molecular flexibility index (Phi) is 7.14. The minimum Gasteiger partial charge on any atom is -0.310 e. The third-order valence-corrected chi connectivity index (χ3v) is 13.0. The van der Waals surface area contributed by atoms with Crippen LogP contribution >= 0.6 is 11.3 Å². The van der Waals surface area contributed by atoms with Crippen LogP contribution in [0.5, 0.6) is 0 Å². The summed E-state index contributed by atoms with van der Waals surface area (Å²) >= 11 is 1.88. The lowest BCUT2D eigenvalue weighted by atomic mass is 9.82. The van der Waals surface area contributed by atoms with Crippen molar-refractivity contribution in [1.82, 2.24) is 0 Å². The fourth-order valence-corrected chi connectivity index (χ4v) is 10.2. The maximum Gasteiger partial charge on any atom is 0.0543 e. The van der Waals surface area contributed by atoms with Crippen LogP contribution in [0.15, 0.2) is 188 Å². The highest BCUT2D eigenvalue weighted by atomic mass is 32.1. The molecule has 0 fully saturated rings. The second-order valence-corrected chi connectivity index (χ2v) is 16.4. The van der Waals surface area contributed by atoms with Gasteiger partial charge in [-0.3, -0.25) is 0 Å². The molecule has 55 heavy (non-hydrogen) atoms. The van der Waals surface area contributed by atoms with E-state index in [9.17, 15) is 0 Å². The summed E-state index contributed by atoms with van der Waals surface area (Å²) in [5, 5.41) is 7.76. The van der Waals surface area contributed by atoms with E-state index in [1.165, 1.54) is 91.9 Å². The lowest BCUT2D eigenvalue weighted by Crippen LogP contribution is -2.16. The lowest BCUT2D eigenvalue weighted by molar-refractivity contribution is 0.660. The quantitative estimate of drug-likeness (QED) is 0.171. The van der Waals surface area contributed by atoms with E-state index < -0.39 is 0 Å². The molecule has 0 radical (unpaired) electrons. The Balaban J connectivity index is 1.03. The Bertz CT molecular complexity index is 3110. The van der Waals surface area contributed by atoms with Crippen molar-refractivity contribution in [2.24, 2.45) is 0 Å². The van der Waals surface area contributed by atoms with Gasteiger partial charge in [0.1, 0.15) is 0 Å². The van der Waals surface area contributed by atoms with Crippen LogP contribution in [-0.4, -0.2) is 0 Å². The summed E-state index contributed by atoms with van der Waals surface area (Å²) in [5.74, 6) is 0. The minimum absolute atomic E-state index is 0.0901. The molecule has 1 heterocycles. The number of hydrogen-bond acceptors (Lipinski definition) is 2. The average molecular weight is 720 g/mol. The Morgan fingerprint density at radius 3 is 1.87 bits per heavy atom. The molecule has 0 N–H and O–H groups in total. The lowest BCUT2D eigenvalue weighted by Gasteiger charge is -2.29. The minimum atomic E-state index is -0.0901. The van der Waals surface area contributed by atoms with Crippen LogP contribution in [-0.2, 0) is 5.41 Å². The number of benzene rings is 9. The molecule has 10 aromatic rings. The van der Waals surface area contributed by atoms with Crippen LogP contribution in [0.1, 0.15) is 25.0 Å². The number of thiophene rings is 1. The second kappa shape index (κ2) is 12.3. The summed E-state index contributed by atoms with van der Waals surface area (Å²) in [4.78, 5) is 2.45. The molecule has 0 aliphatic heterocycles. The van der Waals surface area contributed by atoms with Crippen molar-refractivity contribution in [3.8, 4) is 33.4 Å². The van der Waals surface area contributed by atoms with E-state index in [4.69, 9.17) is 0 Å². The molecule has 0 saturated heterocycles. The van der Waals surface area contributed by atoms with Gasteiger partial charge in [0.25, 0.3) is 0 Å². The van der Waals surface area contributed by atoms with Crippen LogP contribution < -0.4 is 4.90 Å². The van der Waals surface area contributed by atoms with Crippen molar-refractivity contribution < 1.29 is 0 Å². The zero-order valence-corrected chi connectivity index (χ0v) is 31.6. The molecule has 9 aromatic carbocycles. The van der Waals surface area contributed by atoms with E-state index in [0.717, 1.165) is 11.4 Å². The maximum atomic E-state index is 2.45. The Hall–Kier alpha value is -6.48. The van der Waals surface area contributed by atoms with Gasteiger partial charge >= 0.3 is 0 Å². The second-order valence-electron chi connectivity index (χ2n) is 15.3. The standard InChI is InChI=1S/C53H37NS/c1-53(2)47-17-7-5-15-45(47)52-48(53)18-10-19-49(52)54(41-29-25-36(26-30-41)43-16-9-12-35-11-3-4-13-42(35)43)40-27-23-34(24-28-40)37-21-22-38-32-46-44-14-6-8-20-50(44)55-51(46)33-39(38)31-37/h3-33H,1-2H3. The highest BCUT2D eigenvalue weighted by Gasteiger charge is 2.37. The number of rotatable bonds is 5. The van der Waals surface area contributed by atoms with Gasteiger partial charge in [-0.15, -0.1) is 11.3 Å². The van der Waals surface area contributed by atoms with E-state index in [0.29, 0.717) is 0 Å². The fraction of sp³-hybridized carbons (Fsp3) is 0.0566. The first kappa shape index (κ1) is 32.0. The van der Waals surface area contributed by atoms with Gasteiger partial charge in [-0.1, -0.05) is 147 Å².